The lowest BCUT2D eigenvalue weighted by atomic mass is 10.2. The number of ether oxygens (including phenoxy) is 1. The predicted molar refractivity (Wildman–Crippen MR) is 165 cm³/mol. The summed E-state index contributed by atoms with van der Waals surface area (Å²) in [6.07, 6.45) is -3.46. The second-order valence-corrected chi connectivity index (χ2v) is 11.8. The minimum atomic E-state index is -4.73. The summed E-state index contributed by atoms with van der Waals surface area (Å²) in [4.78, 5) is 24.7. The molecule has 0 bridgehead atoms. The molecule has 4 aromatic rings. The first-order valence-corrected chi connectivity index (χ1v) is 15.0. The van der Waals surface area contributed by atoms with Gasteiger partial charge in [0.25, 0.3) is 21.8 Å². The van der Waals surface area contributed by atoms with Crippen LogP contribution in [0.4, 0.5) is 24.5 Å². The van der Waals surface area contributed by atoms with Gasteiger partial charge < -0.3 is 10.1 Å². The van der Waals surface area contributed by atoms with Crippen LogP contribution in [-0.2, 0) is 25.8 Å². The summed E-state index contributed by atoms with van der Waals surface area (Å²) in [6, 6.07) is 22.4. The molecule has 14 heteroatoms. The molecule has 0 atom stereocenters. The number of carbonyl (C=O) groups is 2. The van der Waals surface area contributed by atoms with E-state index in [2.05, 4.69) is 15.8 Å². The smallest absolute Gasteiger partial charge is 0.416 e. The summed E-state index contributed by atoms with van der Waals surface area (Å²) in [5.41, 5.74) is 2.52. The monoisotopic (exact) mass is 658 g/mol. The maximum absolute atomic E-state index is 13.5. The van der Waals surface area contributed by atoms with Crippen LogP contribution in [-0.4, -0.2) is 39.6 Å². The fourth-order valence-corrected chi connectivity index (χ4v) is 5.48. The molecule has 0 fully saturated rings. The number of halogens is 4. The lowest BCUT2D eigenvalue weighted by Crippen LogP contribution is -2.39. The predicted octanol–water partition coefficient (Wildman–Crippen LogP) is 6.03. The third-order valence-electron chi connectivity index (χ3n) is 6.16. The Morgan fingerprint density at radius 1 is 0.933 bits per heavy atom. The van der Waals surface area contributed by atoms with E-state index >= 15 is 0 Å². The second-order valence-electron chi connectivity index (χ2n) is 9.55. The van der Waals surface area contributed by atoms with Crippen molar-refractivity contribution in [2.45, 2.75) is 18.0 Å². The van der Waals surface area contributed by atoms with Gasteiger partial charge in [0.2, 0.25) is 0 Å². The quantitative estimate of drug-likeness (QED) is 0.151. The van der Waals surface area contributed by atoms with E-state index < -0.39 is 40.1 Å². The van der Waals surface area contributed by atoms with Crippen LogP contribution in [0.25, 0.3) is 0 Å². The number of aryl methyl sites for hydroxylation is 1. The molecule has 45 heavy (non-hydrogen) atoms. The van der Waals surface area contributed by atoms with Crippen molar-refractivity contribution in [1.82, 2.24) is 5.43 Å². The molecule has 0 spiro atoms. The Kier molecular flexibility index (Phi) is 10.5. The van der Waals surface area contributed by atoms with E-state index in [-0.39, 0.29) is 17.2 Å². The molecular formula is C31H26ClF3N4O5S. The largest absolute Gasteiger partial charge is 0.484 e. The fourth-order valence-electron chi connectivity index (χ4n) is 3.88. The number of hydrogen-bond donors (Lipinski definition) is 2. The van der Waals surface area contributed by atoms with Crippen molar-refractivity contribution in [3.63, 3.8) is 0 Å². The first-order valence-electron chi connectivity index (χ1n) is 13.2. The van der Waals surface area contributed by atoms with Gasteiger partial charge in [-0.25, -0.2) is 13.8 Å². The molecule has 0 aliphatic carbocycles. The van der Waals surface area contributed by atoms with Gasteiger partial charge in [0.15, 0.2) is 6.61 Å². The van der Waals surface area contributed by atoms with Crippen molar-refractivity contribution in [3.05, 3.63) is 119 Å². The number of alkyl halides is 3. The molecule has 9 nitrogen and oxygen atoms in total. The third kappa shape index (κ3) is 9.06. The topological polar surface area (TPSA) is 117 Å². The van der Waals surface area contributed by atoms with Gasteiger partial charge in [-0.3, -0.25) is 13.9 Å². The van der Waals surface area contributed by atoms with Gasteiger partial charge in [-0.15, -0.1) is 0 Å². The second kappa shape index (κ2) is 14.3. The van der Waals surface area contributed by atoms with Crippen molar-refractivity contribution in [1.29, 1.82) is 0 Å². The number of hydrogen-bond acceptors (Lipinski definition) is 6. The highest BCUT2D eigenvalue weighted by molar-refractivity contribution is 7.92. The van der Waals surface area contributed by atoms with Crippen LogP contribution in [0, 0.1) is 6.92 Å². The van der Waals surface area contributed by atoms with Gasteiger partial charge in [-0.05, 0) is 79.2 Å². The van der Waals surface area contributed by atoms with Gasteiger partial charge >= 0.3 is 6.18 Å². The number of sulfonamides is 1. The highest BCUT2D eigenvalue weighted by Crippen LogP contribution is 2.33. The number of nitrogens with zero attached hydrogens (tertiary/aromatic N) is 2. The van der Waals surface area contributed by atoms with Crippen molar-refractivity contribution < 1.29 is 35.9 Å². The molecule has 2 amide bonds. The van der Waals surface area contributed by atoms with E-state index in [4.69, 9.17) is 16.3 Å². The Bertz CT molecular complexity index is 1800. The first kappa shape index (κ1) is 33.0. The molecule has 0 heterocycles. The normalized spacial score (nSPS) is 11.7. The average molecular weight is 659 g/mol. The molecule has 4 aromatic carbocycles. The lowest BCUT2D eigenvalue weighted by molar-refractivity contribution is -0.137. The molecule has 2 N–H and O–H groups in total. The number of nitrogens with one attached hydrogen (secondary N) is 2. The van der Waals surface area contributed by atoms with Crippen LogP contribution in [0.5, 0.6) is 5.75 Å². The zero-order valence-electron chi connectivity index (χ0n) is 23.6. The van der Waals surface area contributed by atoms with E-state index in [1.54, 1.807) is 55.5 Å². The molecule has 0 aliphatic rings. The summed E-state index contributed by atoms with van der Waals surface area (Å²) >= 11 is 6.03. The maximum atomic E-state index is 13.5. The van der Waals surface area contributed by atoms with E-state index in [9.17, 15) is 31.2 Å². The molecule has 0 aromatic heterocycles. The summed E-state index contributed by atoms with van der Waals surface area (Å²) in [5.74, 6) is -0.938. The highest BCUT2D eigenvalue weighted by atomic mass is 35.5. The van der Waals surface area contributed by atoms with Crippen LogP contribution >= 0.6 is 11.6 Å². The lowest BCUT2D eigenvalue weighted by Gasteiger charge is -2.24. The number of carbonyl (C=O) groups excluding carboxylic acids is 2. The molecule has 0 unspecified atom stereocenters. The van der Waals surface area contributed by atoms with E-state index in [0.29, 0.717) is 32.4 Å². The van der Waals surface area contributed by atoms with Crippen LogP contribution in [0.1, 0.15) is 16.7 Å². The molecule has 0 saturated carbocycles. The first-order chi connectivity index (χ1) is 21.3. The Hall–Kier alpha value is -4.88. The zero-order chi connectivity index (χ0) is 32.6. The molecule has 4 rings (SSSR count). The van der Waals surface area contributed by atoms with Crippen molar-refractivity contribution in [2.75, 3.05) is 22.8 Å². The van der Waals surface area contributed by atoms with Crippen LogP contribution in [0.3, 0.4) is 0 Å². The van der Waals surface area contributed by atoms with Gasteiger partial charge in [0.05, 0.1) is 33.1 Å². The number of anilines is 2. The molecule has 234 valence electrons. The summed E-state index contributed by atoms with van der Waals surface area (Å²) in [5, 5.41) is 6.85. The molecule has 0 aliphatic heterocycles. The molecule has 0 radical (unpaired) electrons. The minimum Gasteiger partial charge on any atom is -0.484 e. The number of para-hydroxylation sites is 1. The van der Waals surface area contributed by atoms with Crippen LogP contribution < -0.4 is 19.8 Å². The van der Waals surface area contributed by atoms with Crippen molar-refractivity contribution >= 4 is 51.0 Å². The van der Waals surface area contributed by atoms with Gasteiger partial charge in [-0.2, -0.15) is 18.3 Å². The number of hydrazone groups is 1. The third-order valence-corrected chi connectivity index (χ3v) is 8.28. The van der Waals surface area contributed by atoms with E-state index in [1.807, 2.05) is 0 Å². The van der Waals surface area contributed by atoms with Gasteiger partial charge in [0.1, 0.15) is 12.3 Å². The van der Waals surface area contributed by atoms with Crippen LogP contribution in [0.15, 0.2) is 107 Å². The molecular weight excluding hydrogens is 633 g/mol. The highest BCUT2D eigenvalue weighted by Gasteiger charge is 2.33. The SMILES string of the molecule is Cc1ccc(S(=O)(=O)N(CC(=O)N/N=C\c2ccc(OCC(=O)Nc3ccccc3Cl)cc2)c2cccc(C(F)(F)F)c2)cc1. The zero-order valence-corrected chi connectivity index (χ0v) is 25.2. The maximum Gasteiger partial charge on any atom is 0.416 e. The summed E-state index contributed by atoms with van der Waals surface area (Å²) < 4.78 is 73.1. The summed E-state index contributed by atoms with van der Waals surface area (Å²) in [7, 11) is -4.44. The van der Waals surface area contributed by atoms with Crippen molar-refractivity contribution in [2.24, 2.45) is 5.10 Å². The molecule has 0 saturated heterocycles. The van der Waals surface area contributed by atoms with E-state index in [0.717, 1.165) is 17.7 Å². The van der Waals surface area contributed by atoms with Gasteiger partial charge in [-0.1, -0.05) is 47.5 Å². The average Bonchev–Trinajstić information content (AvgIpc) is 3.00. The standard InChI is InChI=1S/C31H26ClF3N4O5S/c1-21-9-15-26(16-10-21)45(42,43)39(24-6-4-5-23(17-24)31(33,34)35)19-29(40)38-36-18-22-11-13-25(14-12-22)44-20-30(41)37-28-8-3-2-7-27(28)32/h2-18H,19-20H2,1H3,(H,37,41)(H,38,40)/b36-18-. The number of amides is 2. The number of rotatable bonds is 11. The van der Waals surface area contributed by atoms with E-state index in [1.165, 1.54) is 36.5 Å². The Labute approximate surface area is 262 Å². The van der Waals surface area contributed by atoms with Crippen LogP contribution in [0.2, 0.25) is 5.02 Å². The number of benzene rings is 4. The summed E-state index contributed by atoms with van der Waals surface area (Å²) in [6.45, 7) is 0.621. The van der Waals surface area contributed by atoms with Crippen molar-refractivity contribution in [3.8, 4) is 5.75 Å². The Morgan fingerprint density at radius 2 is 1.62 bits per heavy atom. The minimum absolute atomic E-state index is 0.203. The Balaban J connectivity index is 1.40. The Morgan fingerprint density at radius 3 is 2.29 bits per heavy atom. The fraction of sp³-hybridized carbons (Fsp3) is 0.129. The van der Waals surface area contributed by atoms with Gasteiger partial charge in [0, 0.05) is 0 Å².